The van der Waals surface area contributed by atoms with Crippen LogP contribution in [0.2, 0.25) is 0 Å². The van der Waals surface area contributed by atoms with E-state index in [0.717, 1.165) is 16.5 Å². The Labute approximate surface area is 151 Å². The summed E-state index contributed by atoms with van der Waals surface area (Å²) in [7, 11) is -3.08. The minimum absolute atomic E-state index is 0.0683. The maximum Gasteiger partial charge on any atom is 0.340 e. The van der Waals surface area contributed by atoms with Crippen molar-refractivity contribution >= 4 is 32.6 Å². The molecule has 1 aromatic carbocycles. The number of hydrogen-bond donors (Lipinski definition) is 1. The Morgan fingerprint density at radius 1 is 1.27 bits per heavy atom. The molecule has 138 valence electrons. The third-order valence-electron chi connectivity index (χ3n) is 4.47. The number of para-hydroxylation sites is 1. The molecule has 0 aliphatic carbocycles. The number of fused-ring (bicyclic) bond motifs is 1. The molecule has 1 aliphatic heterocycles. The van der Waals surface area contributed by atoms with Gasteiger partial charge in [-0.3, -0.25) is 9.78 Å². The van der Waals surface area contributed by atoms with Crippen LogP contribution < -0.4 is 5.32 Å². The van der Waals surface area contributed by atoms with Crippen molar-refractivity contribution in [3.63, 3.8) is 0 Å². The second-order valence-electron chi connectivity index (χ2n) is 6.46. The Kier molecular flexibility index (Phi) is 4.95. The Morgan fingerprint density at radius 2 is 2.00 bits per heavy atom. The number of aromatic nitrogens is 1. The van der Waals surface area contributed by atoms with E-state index >= 15 is 0 Å². The summed E-state index contributed by atoms with van der Waals surface area (Å²) in [6, 6.07) is 7.07. The summed E-state index contributed by atoms with van der Waals surface area (Å²) in [6.07, 6.45) is 0.384. The molecule has 1 fully saturated rings. The first kappa shape index (κ1) is 18.3. The first-order valence-corrected chi connectivity index (χ1v) is 10.1. The van der Waals surface area contributed by atoms with E-state index in [1.165, 1.54) is 0 Å². The van der Waals surface area contributed by atoms with Gasteiger partial charge in [0.05, 0.1) is 28.3 Å². The van der Waals surface area contributed by atoms with Gasteiger partial charge in [-0.2, -0.15) is 0 Å². The highest BCUT2D eigenvalue weighted by Crippen LogP contribution is 2.23. The minimum Gasteiger partial charge on any atom is -0.452 e. The lowest BCUT2D eigenvalue weighted by Gasteiger charge is -2.13. The molecule has 0 unspecified atom stereocenters. The summed E-state index contributed by atoms with van der Waals surface area (Å²) in [6.45, 7) is 3.08. The lowest BCUT2D eigenvalue weighted by molar-refractivity contribution is -0.124. The smallest absolute Gasteiger partial charge is 0.340 e. The van der Waals surface area contributed by atoms with Crippen LogP contribution >= 0.6 is 0 Å². The van der Waals surface area contributed by atoms with E-state index < -0.39 is 34.4 Å². The number of sulfone groups is 1. The number of rotatable bonds is 4. The van der Waals surface area contributed by atoms with Crippen molar-refractivity contribution in [3.05, 3.63) is 41.1 Å². The van der Waals surface area contributed by atoms with Crippen molar-refractivity contribution < 1.29 is 22.7 Å². The van der Waals surface area contributed by atoms with Gasteiger partial charge in [-0.1, -0.05) is 18.2 Å². The van der Waals surface area contributed by atoms with Gasteiger partial charge in [-0.05, 0) is 31.9 Å². The van der Waals surface area contributed by atoms with Crippen molar-refractivity contribution in [1.29, 1.82) is 0 Å². The van der Waals surface area contributed by atoms with E-state index in [1.54, 1.807) is 6.92 Å². The van der Waals surface area contributed by atoms with Crippen molar-refractivity contribution in [1.82, 2.24) is 10.3 Å². The van der Waals surface area contributed by atoms with Gasteiger partial charge in [0.25, 0.3) is 5.91 Å². The van der Waals surface area contributed by atoms with Gasteiger partial charge in [0.15, 0.2) is 16.4 Å². The fraction of sp³-hybridized carbons (Fsp3) is 0.389. The van der Waals surface area contributed by atoms with E-state index in [0.29, 0.717) is 17.7 Å². The Bertz CT molecular complexity index is 984. The molecule has 0 radical (unpaired) electrons. The Morgan fingerprint density at radius 3 is 2.69 bits per heavy atom. The minimum atomic E-state index is -3.08. The predicted molar refractivity (Wildman–Crippen MR) is 96.7 cm³/mol. The van der Waals surface area contributed by atoms with Gasteiger partial charge in [-0.25, -0.2) is 13.2 Å². The first-order chi connectivity index (χ1) is 12.3. The van der Waals surface area contributed by atoms with Crippen LogP contribution in [0.5, 0.6) is 0 Å². The molecule has 0 bridgehead atoms. The summed E-state index contributed by atoms with van der Waals surface area (Å²) < 4.78 is 27.9. The summed E-state index contributed by atoms with van der Waals surface area (Å²) in [5.41, 5.74) is 2.42. The highest BCUT2D eigenvalue weighted by Gasteiger charge is 2.29. The molecule has 26 heavy (non-hydrogen) atoms. The number of esters is 1. The van der Waals surface area contributed by atoms with Crippen LogP contribution in [0.15, 0.2) is 24.3 Å². The number of carbonyl (C=O) groups is 2. The molecule has 1 N–H and O–H groups in total. The fourth-order valence-corrected chi connectivity index (χ4v) is 4.89. The highest BCUT2D eigenvalue weighted by atomic mass is 32.2. The van der Waals surface area contributed by atoms with E-state index in [2.05, 4.69) is 10.3 Å². The lowest BCUT2D eigenvalue weighted by atomic mass is 10.0. The number of hydrogen-bond acceptors (Lipinski definition) is 6. The lowest BCUT2D eigenvalue weighted by Crippen LogP contribution is -2.38. The average molecular weight is 376 g/mol. The molecule has 3 rings (SSSR count). The number of carbonyl (C=O) groups excluding carboxylic acids is 2. The van der Waals surface area contributed by atoms with Crippen LogP contribution in [-0.2, 0) is 19.4 Å². The van der Waals surface area contributed by atoms with Crippen molar-refractivity contribution in [2.75, 3.05) is 18.1 Å². The topological polar surface area (TPSA) is 102 Å². The maximum absolute atomic E-state index is 12.4. The van der Waals surface area contributed by atoms with Gasteiger partial charge in [0.2, 0.25) is 0 Å². The molecule has 7 nitrogen and oxygen atoms in total. The molecule has 1 amide bonds. The summed E-state index contributed by atoms with van der Waals surface area (Å²) >= 11 is 0. The van der Waals surface area contributed by atoms with Crippen LogP contribution in [0.4, 0.5) is 0 Å². The standard InChI is InChI=1S/C18H20N2O5S/c1-11-14-5-3-4-6-15(14)19-12(2)17(11)18(22)25-9-16(21)20-13-7-8-26(23,24)10-13/h3-6,13H,7-10H2,1-2H3,(H,20,21)/t13-/m1/s1. The summed E-state index contributed by atoms with van der Waals surface area (Å²) in [5, 5.41) is 3.44. The quantitative estimate of drug-likeness (QED) is 0.807. The summed E-state index contributed by atoms with van der Waals surface area (Å²) in [4.78, 5) is 28.8. The fourth-order valence-electron chi connectivity index (χ4n) is 3.21. The number of pyridine rings is 1. The monoisotopic (exact) mass is 376 g/mol. The molecular formula is C18H20N2O5S. The van der Waals surface area contributed by atoms with E-state index in [9.17, 15) is 18.0 Å². The Balaban J connectivity index is 1.67. The van der Waals surface area contributed by atoms with Crippen LogP contribution in [0.3, 0.4) is 0 Å². The largest absolute Gasteiger partial charge is 0.452 e. The van der Waals surface area contributed by atoms with E-state index in [-0.39, 0.29) is 11.5 Å². The van der Waals surface area contributed by atoms with Crippen molar-refractivity contribution in [2.45, 2.75) is 26.3 Å². The van der Waals surface area contributed by atoms with Gasteiger partial charge < -0.3 is 10.1 Å². The van der Waals surface area contributed by atoms with Crippen LogP contribution in [0.25, 0.3) is 10.9 Å². The second kappa shape index (κ2) is 7.03. The molecule has 2 aromatic rings. The van der Waals surface area contributed by atoms with Crippen LogP contribution in [-0.4, -0.2) is 49.4 Å². The van der Waals surface area contributed by atoms with E-state index in [4.69, 9.17) is 4.74 Å². The Hall–Kier alpha value is -2.48. The second-order valence-corrected chi connectivity index (χ2v) is 8.69. The zero-order valence-electron chi connectivity index (χ0n) is 14.6. The number of amides is 1. The number of nitrogens with one attached hydrogen (secondary N) is 1. The molecule has 1 saturated heterocycles. The molecule has 8 heteroatoms. The zero-order valence-corrected chi connectivity index (χ0v) is 15.4. The third-order valence-corrected chi connectivity index (χ3v) is 6.24. The molecule has 1 aliphatic rings. The molecule has 1 atom stereocenters. The van der Waals surface area contributed by atoms with Crippen molar-refractivity contribution in [2.24, 2.45) is 0 Å². The first-order valence-electron chi connectivity index (χ1n) is 8.30. The summed E-state index contributed by atoms with van der Waals surface area (Å²) in [5.74, 6) is -1.13. The SMILES string of the molecule is Cc1nc2ccccc2c(C)c1C(=O)OCC(=O)N[C@@H]1CCS(=O)(=O)C1. The van der Waals surface area contributed by atoms with E-state index in [1.807, 2.05) is 31.2 Å². The molecule has 1 aromatic heterocycles. The normalized spacial score (nSPS) is 18.6. The van der Waals surface area contributed by atoms with Gasteiger partial charge in [0, 0.05) is 11.4 Å². The van der Waals surface area contributed by atoms with Gasteiger partial charge in [0.1, 0.15) is 0 Å². The van der Waals surface area contributed by atoms with Crippen molar-refractivity contribution in [3.8, 4) is 0 Å². The molecule has 0 spiro atoms. The van der Waals surface area contributed by atoms with Gasteiger partial charge >= 0.3 is 5.97 Å². The molecule has 2 heterocycles. The average Bonchev–Trinajstić information content (AvgIpc) is 2.91. The zero-order chi connectivity index (χ0) is 18.9. The number of ether oxygens (including phenoxy) is 1. The number of benzene rings is 1. The molecule has 0 saturated carbocycles. The van der Waals surface area contributed by atoms with Crippen LogP contribution in [0, 0.1) is 13.8 Å². The maximum atomic E-state index is 12.4. The van der Waals surface area contributed by atoms with Gasteiger partial charge in [-0.15, -0.1) is 0 Å². The number of aryl methyl sites for hydroxylation is 2. The predicted octanol–water partition coefficient (Wildman–Crippen LogP) is 1.31. The highest BCUT2D eigenvalue weighted by molar-refractivity contribution is 7.91. The van der Waals surface area contributed by atoms with Crippen LogP contribution in [0.1, 0.15) is 28.0 Å². The third kappa shape index (κ3) is 3.85. The number of nitrogens with zero attached hydrogens (tertiary/aromatic N) is 1. The molecular weight excluding hydrogens is 356 g/mol.